The van der Waals surface area contributed by atoms with E-state index in [1.807, 2.05) is 19.9 Å². The Bertz CT molecular complexity index is 826. The molecule has 0 aliphatic carbocycles. The van der Waals surface area contributed by atoms with Crippen molar-refractivity contribution in [3.8, 4) is 0 Å². The zero-order valence-corrected chi connectivity index (χ0v) is 15.5. The summed E-state index contributed by atoms with van der Waals surface area (Å²) in [7, 11) is -3.44. The first-order valence-corrected chi connectivity index (χ1v) is 10.1. The first-order chi connectivity index (χ1) is 12.0. The maximum absolute atomic E-state index is 12.8. The van der Waals surface area contributed by atoms with Gasteiger partial charge in [-0.05, 0) is 37.5 Å². The SMILES string of the molecule is CCc1noc(CNc2cc(S(=O)(=O)N3CCCCC3)ccc2C)n1. The number of aryl methyl sites for hydroxylation is 2. The molecule has 0 amide bonds. The second kappa shape index (κ2) is 7.53. The number of benzene rings is 1. The van der Waals surface area contributed by atoms with Crippen LogP contribution in [0.15, 0.2) is 27.6 Å². The third kappa shape index (κ3) is 4.01. The molecule has 1 fully saturated rings. The lowest BCUT2D eigenvalue weighted by Crippen LogP contribution is -2.35. The molecule has 3 rings (SSSR count). The monoisotopic (exact) mass is 364 g/mol. The van der Waals surface area contributed by atoms with Crippen LogP contribution in [0.25, 0.3) is 0 Å². The zero-order chi connectivity index (χ0) is 17.9. The summed E-state index contributed by atoms with van der Waals surface area (Å²) in [5, 5.41) is 7.06. The standard InChI is InChI=1S/C17H24N4O3S/c1-3-16-19-17(24-20-16)12-18-15-11-14(8-7-13(15)2)25(22,23)21-9-5-4-6-10-21/h7-8,11,18H,3-6,9-10,12H2,1-2H3. The highest BCUT2D eigenvalue weighted by molar-refractivity contribution is 7.89. The van der Waals surface area contributed by atoms with Gasteiger partial charge >= 0.3 is 0 Å². The highest BCUT2D eigenvalue weighted by Crippen LogP contribution is 2.25. The fraction of sp³-hybridized carbons (Fsp3) is 0.529. The summed E-state index contributed by atoms with van der Waals surface area (Å²) in [6.45, 7) is 5.45. The second-order valence-corrected chi connectivity index (χ2v) is 8.19. The van der Waals surface area contributed by atoms with Crippen molar-refractivity contribution in [3.05, 3.63) is 35.5 Å². The molecule has 2 aromatic rings. The number of rotatable bonds is 6. The van der Waals surface area contributed by atoms with E-state index in [0.29, 0.717) is 42.7 Å². The van der Waals surface area contributed by atoms with Crippen molar-refractivity contribution >= 4 is 15.7 Å². The molecule has 7 nitrogen and oxygen atoms in total. The summed E-state index contributed by atoms with van der Waals surface area (Å²) >= 11 is 0. The van der Waals surface area contributed by atoms with Gasteiger partial charge in [-0.15, -0.1) is 0 Å². The summed E-state index contributed by atoms with van der Waals surface area (Å²) in [5.41, 5.74) is 1.72. The molecule has 1 aliphatic heterocycles. The maximum Gasteiger partial charge on any atom is 0.245 e. The van der Waals surface area contributed by atoms with Crippen LogP contribution in [0.4, 0.5) is 5.69 Å². The fourth-order valence-corrected chi connectivity index (χ4v) is 4.43. The van der Waals surface area contributed by atoms with Crippen molar-refractivity contribution in [1.29, 1.82) is 0 Å². The average molecular weight is 364 g/mol. The molecule has 1 aromatic carbocycles. The lowest BCUT2D eigenvalue weighted by atomic mass is 10.2. The second-order valence-electron chi connectivity index (χ2n) is 6.25. The Hall–Kier alpha value is -1.93. The number of anilines is 1. The van der Waals surface area contributed by atoms with Gasteiger partial charge in [0, 0.05) is 25.2 Å². The average Bonchev–Trinajstić information content (AvgIpc) is 3.09. The molecule has 136 valence electrons. The van der Waals surface area contributed by atoms with Crippen molar-refractivity contribution < 1.29 is 12.9 Å². The normalized spacial score (nSPS) is 16.1. The van der Waals surface area contributed by atoms with Crippen molar-refractivity contribution in [3.63, 3.8) is 0 Å². The van der Waals surface area contributed by atoms with Gasteiger partial charge in [0.1, 0.15) is 0 Å². The Kier molecular flexibility index (Phi) is 5.39. The topological polar surface area (TPSA) is 88.3 Å². The summed E-state index contributed by atoms with van der Waals surface area (Å²) in [4.78, 5) is 4.57. The lowest BCUT2D eigenvalue weighted by Gasteiger charge is -2.26. The molecule has 1 aliphatic rings. The van der Waals surface area contributed by atoms with Crippen LogP contribution in [0.3, 0.4) is 0 Å². The van der Waals surface area contributed by atoms with Crippen LogP contribution in [-0.2, 0) is 23.0 Å². The molecular weight excluding hydrogens is 340 g/mol. The van der Waals surface area contributed by atoms with E-state index < -0.39 is 10.0 Å². The van der Waals surface area contributed by atoms with Crippen molar-refractivity contribution in [1.82, 2.24) is 14.4 Å². The molecule has 0 atom stereocenters. The van der Waals surface area contributed by atoms with E-state index in [1.165, 1.54) is 0 Å². The van der Waals surface area contributed by atoms with Crippen LogP contribution in [0.5, 0.6) is 0 Å². The van der Waals surface area contributed by atoms with Crippen LogP contribution in [0, 0.1) is 6.92 Å². The summed E-state index contributed by atoms with van der Waals surface area (Å²) in [6.07, 6.45) is 3.66. The minimum Gasteiger partial charge on any atom is -0.376 e. The van der Waals surface area contributed by atoms with E-state index in [-0.39, 0.29) is 0 Å². The number of hydrogen-bond donors (Lipinski definition) is 1. The minimum absolute atomic E-state index is 0.322. The van der Waals surface area contributed by atoms with E-state index in [0.717, 1.165) is 30.5 Å². The van der Waals surface area contributed by atoms with E-state index in [4.69, 9.17) is 4.52 Å². The van der Waals surface area contributed by atoms with Gasteiger partial charge in [0.25, 0.3) is 0 Å². The largest absolute Gasteiger partial charge is 0.376 e. The number of nitrogens with one attached hydrogen (secondary N) is 1. The van der Waals surface area contributed by atoms with Gasteiger partial charge in [-0.25, -0.2) is 8.42 Å². The predicted molar refractivity (Wildman–Crippen MR) is 94.8 cm³/mol. The van der Waals surface area contributed by atoms with E-state index in [2.05, 4.69) is 15.5 Å². The molecule has 1 N–H and O–H groups in total. The smallest absolute Gasteiger partial charge is 0.245 e. The molecule has 0 unspecified atom stereocenters. The van der Waals surface area contributed by atoms with Gasteiger partial charge in [-0.2, -0.15) is 9.29 Å². The molecule has 1 aromatic heterocycles. The quantitative estimate of drug-likeness (QED) is 0.848. The van der Waals surface area contributed by atoms with Crippen LogP contribution in [0.2, 0.25) is 0 Å². The number of aromatic nitrogens is 2. The first-order valence-electron chi connectivity index (χ1n) is 8.67. The van der Waals surface area contributed by atoms with Gasteiger partial charge in [-0.1, -0.05) is 24.6 Å². The fourth-order valence-electron chi connectivity index (χ4n) is 2.88. The molecule has 8 heteroatoms. The zero-order valence-electron chi connectivity index (χ0n) is 14.7. The van der Waals surface area contributed by atoms with Crippen LogP contribution in [-0.4, -0.2) is 36.0 Å². The van der Waals surface area contributed by atoms with Gasteiger partial charge in [0.15, 0.2) is 5.82 Å². The Labute approximate surface area is 148 Å². The third-order valence-electron chi connectivity index (χ3n) is 4.42. The molecule has 0 radical (unpaired) electrons. The number of hydrogen-bond acceptors (Lipinski definition) is 6. The Morgan fingerprint density at radius 2 is 2.00 bits per heavy atom. The van der Waals surface area contributed by atoms with Crippen LogP contribution < -0.4 is 5.32 Å². The summed E-state index contributed by atoms with van der Waals surface area (Å²) in [5.74, 6) is 1.15. The first kappa shape index (κ1) is 17.9. The minimum atomic E-state index is -3.44. The Morgan fingerprint density at radius 3 is 2.68 bits per heavy atom. The van der Waals surface area contributed by atoms with Crippen LogP contribution in [0.1, 0.15) is 43.5 Å². The molecule has 0 bridgehead atoms. The highest BCUT2D eigenvalue weighted by atomic mass is 32.2. The molecule has 1 saturated heterocycles. The molecular formula is C17H24N4O3S. The van der Waals surface area contributed by atoms with Gasteiger partial charge in [0.2, 0.25) is 15.9 Å². The molecule has 0 saturated carbocycles. The van der Waals surface area contributed by atoms with Gasteiger partial charge < -0.3 is 9.84 Å². The lowest BCUT2D eigenvalue weighted by molar-refractivity contribution is 0.346. The maximum atomic E-state index is 12.8. The van der Waals surface area contributed by atoms with Crippen LogP contribution >= 0.6 is 0 Å². The van der Waals surface area contributed by atoms with Gasteiger partial charge in [0.05, 0.1) is 11.4 Å². The van der Waals surface area contributed by atoms with Crippen molar-refractivity contribution in [2.24, 2.45) is 0 Å². The van der Waals surface area contributed by atoms with Crippen molar-refractivity contribution in [2.45, 2.75) is 51.0 Å². The van der Waals surface area contributed by atoms with E-state index in [9.17, 15) is 8.42 Å². The van der Waals surface area contributed by atoms with Gasteiger partial charge in [-0.3, -0.25) is 0 Å². The predicted octanol–water partition coefficient (Wildman–Crippen LogP) is 2.73. The molecule has 0 spiro atoms. The number of nitrogens with zero attached hydrogens (tertiary/aromatic N) is 3. The van der Waals surface area contributed by atoms with E-state index >= 15 is 0 Å². The highest BCUT2D eigenvalue weighted by Gasteiger charge is 2.26. The summed E-state index contributed by atoms with van der Waals surface area (Å²) < 4.78 is 32.4. The summed E-state index contributed by atoms with van der Waals surface area (Å²) in [6, 6.07) is 5.19. The third-order valence-corrected chi connectivity index (χ3v) is 6.31. The Morgan fingerprint density at radius 1 is 1.24 bits per heavy atom. The molecule has 2 heterocycles. The Balaban J connectivity index is 1.77. The van der Waals surface area contributed by atoms with Crippen molar-refractivity contribution in [2.75, 3.05) is 18.4 Å². The number of sulfonamides is 1. The molecule has 25 heavy (non-hydrogen) atoms. The number of piperidine rings is 1. The van der Waals surface area contributed by atoms with E-state index in [1.54, 1.807) is 16.4 Å².